The molecule has 0 fully saturated rings. The largest absolute Gasteiger partial charge is 0.480 e. The Kier molecular flexibility index (Phi) is 3.93. The van der Waals surface area contributed by atoms with Gasteiger partial charge in [-0.25, -0.2) is 8.42 Å². The molecule has 0 aromatic rings. The maximum absolute atomic E-state index is 12.4. The first-order valence-electron chi connectivity index (χ1n) is 7.58. The standard InChI is InChI=1S/C16H19NO5S/c1-9(2)14(16(18)19)17-23(20,21)12-7-11-6-10-4-3-5-13(10)15(11)22-8-12/h6-9,14,17H,3-5H2,1-2H3,(H,18,19). The molecule has 124 valence electrons. The van der Waals surface area contributed by atoms with Crippen LogP contribution in [0.2, 0.25) is 0 Å². The van der Waals surface area contributed by atoms with Gasteiger partial charge in [0.15, 0.2) is 0 Å². The highest BCUT2D eigenvalue weighted by Gasteiger charge is 2.30. The van der Waals surface area contributed by atoms with Crippen LogP contribution in [0.3, 0.4) is 0 Å². The molecular formula is C16H19NO5S. The third kappa shape index (κ3) is 2.86. The van der Waals surface area contributed by atoms with Crippen molar-refractivity contribution >= 4 is 16.0 Å². The normalized spacial score (nSPS) is 16.0. The highest BCUT2D eigenvalue weighted by molar-refractivity contribution is 7.89. The van der Waals surface area contributed by atoms with Crippen LogP contribution in [-0.4, -0.2) is 25.5 Å². The summed E-state index contributed by atoms with van der Waals surface area (Å²) in [6, 6.07) is 2.32. The first-order chi connectivity index (χ1) is 10.8. The van der Waals surface area contributed by atoms with Crippen molar-refractivity contribution in [1.82, 2.24) is 4.72 Å². The first kappa shape index (κ1) is 16.0. The minimum absolute atomic E-state index is 0.0550. The average Bonchev–Trinajstić information content (AvgIpc) is 3.04. The predicted octanol–water partition coefficient (Wildman–Crippen LogP) is 2.26. The molecule has 1 atom stereocenters. The van der Waals surface area contributed by atoms with Gasteiger partial charge in [0, 0.05) is 5.56 Å². The summed E-state index contributed by atoms with van der Waals surface area (Å²) in [5, 5.41) is 9.15. The zero-order chi connectivity index (χ0) is 16.8. The summed E-state index contributed by atoms with van der Waals surface area (Å²) in [6.45, 7) is 3.30. The lowest BCUT2D eigenvalue weighted by molar-refractivity contribution is -0.140. The summed E-state index contributed by atoms with van der Waals surface area (Å²) in [5.74, 6) is -0.838. The van der Waals surface area contributed by atoms with E-state index in [9.17, 15) is 13.2 Å². The lowest BCUT2D eigenvalue weighted by Gasteiger charge is -2.18. The Labute approximate surface area is 134 Å². The van der Waals surface area contributed by atoms with Crippen molar-refractivity contribution in [2.24, 2.45) is 5.92 Å². The number of rotatable bonds is 5. The Hall–Kier alpha value is -1.86. The van der Waals surface area contributed by atoms with Gasteiger partial charge in [0.1, 0.15) is 23.0 Å². The van der Waals surface area contributed by atoms with Crippen molar-refractivity contribution in [2.75, 3.05) is 0 Å². The maximum atomic E-state index is 12.4. The molecule has 2 N–H and O–H groups in total. The zero-order valence-corrected chi connectivity index (χ0v) is 13.8. The zero-order valence-electron chi connectivity index (χ0n) is 13.0. The average molecular weight is 337 g/mol. The van der Waals surface area contributed by atoms with Crippen LogP contribution in [0.4, 0.5) is 0 Å². The molecule has 23 heavy (non-hydrogen) atoms. The highest BCUT2D eigenvalue weighted by atomic mass is 32.2. The van der Waals surface area contributed by atoms with Gasteiger partial charge in [-0.1, -0.05) is 13.8 Å². The number of aliphatic carboxylic acids is 1. The van der Waals surface area contributed by atoms with Gasteiger partial charge >= 0.3 is 5.97 Å². The van der Waals surface area contributed by atoms with E-state index in [2.05, 4.69) is 4.72 Å². The van der Waals surface area contributed by atoms with Gasteiger partial charge in [-0.2, -0.15) is 4.72 Å². The van der Waals surface area contributed by atoms with Gasteiger partial charge in [0.2, 0.25) is 10.0 Å². The van der Waals surface area contributed by atoms with E-state index < -0.39 is 22.0 Å². The number of carbonyl (C=O) groups is 1. The smallest absolute Gasteiger partial charge is 0.322 e. The van der Waals surface area contributed by atoms with Gasteiger partial charge in [0.05, 0.1) is 0 Å². The summed E-state index contributed by atoms with van der Waals surface area (Å²) in [6.07, 6.45) is 4.20. The Bertz CT molecular complexity index is 821. The summed E-state index contributed by atoms with van der Waals surface area (Å²) < 4.78 is 32.7. The number of carboxylic acids is 1. The second-order valence-electron chi connectivity index (χ2n) is 6.25. The van der Waals surface area contributed by atoms with Crippen molar-refractivity contribution in [1.29, 1.82) is 0 Å². The minimum Gasteiger partial charge on any atom is -0.480 e. The fourth-order valence-corrected chi connectivity index (χ4v) is 4.31. The molecule has 1 heterocycles. The molecule has 1 unspecified atom stereocenters. The van der Waals surface area contributed by atoms with Crippen LogP contribution in [0.25, 0.3) is 11.3 Å². The Balaban J connectivity index is 1.96. The van der Waals surface area contributed by atoms with Crippen molar-refractivity contribution in [3.63, 3.8) is 0 Å². The first-order valence-corrected chi connectivity index (χ1v) is 9.06. The van der Waals surface area contributed by atoms with Crippen LogP contribution in [0.15, 0.2) is 27.7 Å². The SMILES string of the molecule is CC(C)C(NS(=O)(=O)c1coc2c3c(cc-2c1)CCC3)C(=O)O. The molecule has 6 nitrogen and oxygen atoms in total. The Morgan fingerprint density at radius 2 is 2.04 bits per heavy atom. The molecule has 1 aliphatic heterocycles. The molecule has 7 heteroatoms. The topological polar surface area (TPSA) is 96.6 Å². The molecule has 0 bridgehead atoms. The van der Waals surface area contributed by atoms with Crippen LogP contribution >= 0.6 is 0 Å². The van der Waals surface area contributed by atoms with Crippen LogP contribution in [0.1, 0.15) is 31.4 Å². The second-order valence-corrected chi connectivity index (χ2v) is 7.96. The molecule has 3 aliphatic rings. The van der Waals surface area contributed by atoms with E-state index in [0.717, 1.165) is 36.1 Å². The van der Waals surface area contributed by atoms with Gasteiger partial charge in [0.25, 0.3) is 0 Å². The minimum atomic E-state index is -3.96. The number of carboxylic acid groups (broad SMARTS) is 1. The molecule has 0 aromatic carbocycles. The number of fused-ring (bicyclic) bond motifs is 3. The fourth-order valence-electron chi connectivity index (χ4n) is 3.01. The van der Waals surface area contributed by atoms with E-state index in [1.165, 1.54) is 11.8 Å². The highest BCUT2D eigenvalue weighted by Crippen LogP contribution is 2.38. The number of hydrogen-bond donors (Lipinski definition) is 2. The van der Waals surface area contributed by atoms with Crippen LogP contribution < -0.4 is 4.72 Å². The van der Waals surface area contributed by atoms with Gasteiger partial charge < -0.3 is 9.52 Å². The van der Waals surface area contributed by atoms with E-state index in [-0.39, 0.29) is 10.8 Å². The predicted molar refractivity (Wildman–Crippen MR) is 83.9 cm³/mol. The van der Waals surface area contributed by atoms with Crippen LogP contribution in [0.5, 0.6) is 0 Å². The molecule has 0 radical (unpaired) electrons. The van der Waals surface area contributed by atoms with E-state index >= 15 is 0 Å². The van der Waals surface area contributed by atoms with Crippen molar-refractivity contribution in [2.45, 2.75) is 44.0 Å². The van der Waals surface area contributed by atoms with Gasteiger partial charge in [-0.05, 0) is 48.4 Å². The lowest BCUT2D eigenvalue weighted by Crippen LogP contribution is -2.44. The fraction of sp³-hybridized carbons (Fsp3) is 0.438. The summed E-state index contributed by atoms with van der Waals surface area (Å²) in [7, 11) is -3.96. The van der Waals surface area contributed by atoms with Gasteiger partial charge in [-0.15, -0.1) is 0 Å². The number of aryl methyl sites for hydroxylation is 1. The molecule has 0 spiro atoms. The Morgan fingerprint density at radius 1 is 1.30 bits per heavy atom. The number of sulfonamides is 1. The molecule has 0 saturated heterocycles. The van der Waals surface area contributed by atoms with E-state index in [4.69, 9.17) is 9.52 Å². The van der Waals surface area contributed by atoms with Crippen molar-refractivity contribution in [3.8, 4) is 11.3 Å². The quantitative estimate of drug-likeness (QED) is 0.872. The maximum Gasteiger partial charge on any atom is 0.322 e. The number of hydrogen-bond acceptors (Lipinski definition) is 4. The second kappa shape index (κ2) is 5.65. The van der Waals surface area contributed by atoms with Crippen LogP contribution in [-0.2, 0) is 27.7 Å². The van der Waals surface area contributed by atoms with E-state index in [1.807, 2.05) is 6.07 Å². The van der Waals surface area contributed by atoms with Crippen LogP contribution in [0, 0.1) is 5.92 Å². The van der Waals surface area contributed by atoms with Crippen molar-refractivity contribution in [3.05, 3.63) is 29.5 Å². The Morgan fingerprint density at radius 3 is 2.70 bits per heavy atom. The molecule has 0 amide bonds. The molecule has 0 aromatic heterocycles. The lowest BCUT2D eigenvalue weighted by atomic mass is 10.1. The third-order valence-electron chi connectivity index (χ3n) is 4.24. The van der Waals surface area contributed by atoms with Gasteiger partial charge in [-0.3, -0.25) is 4.79 Å². The third-order valence-corrected chi connectivity index (χ3v) is 5.64. The monoisotopic (exact) mass is 337 g/mol. The molecule has 0 saturated carbocycles. The van der Waals surface area contributed by atoms with E-state index in [1.54, 1.807) is 19.9 Å². The van der Waals surface area contributed by atoms with Crippen molar-refractivity contribution < 1.29 is 22.7 Å². The summed E-state index contributed by atoms with van der Waals surface area (Å²) >= 11 is 0. The summed E-state index contributed by atoms with van der Waals surface area (Å²) in [5.41, 5.74) is 3.10. The summed E-state index contributed by atoms with van der Waals surface area (Å²) in [4.78, 5) is 11.2. The molecule has 3 rings (SSSR count). The molecule has 2 aliphatic carbocycles. The number of nitrogens with one attached hydrogen (secondary N) is 1. The van der Waals surface area contributed by atoms with E-state index in [0.29, 0.717) is 0 Å². The molecular weight excluding hydrogens is 318 g/mol.